The van der Waals surface area contributed by atoms with Crippen LogP contribution in [0.2, 0.25) is 0 Å². The van der Waals surface area contributed by atoms with Gasteiger partial charge in [-0.3, -0.25) is 0 Å². The average molecular weight is 132 g/mol. The van der Waals surface area contributed by atoms with Gasteiger partial charge in [-0.05, 0) is 13.0 Å². The van der Waals surface area contributed by atoms with Crippen LogP contribution in [-0.4, -0.2) is 6.54 Å². The van der Waals surface area contributed by atoms with Crippen molar-refractivity contribution in [3.8, 4) is 0 Å². The zero-order valence-electron chi connectivity index (χ0n) is 6.53. The lowest BCUT2D eigenvalue weighted by Gasteiger charge is -1.93. The van der Waals surface area contributed by atoms with Crippen LogP contribution >= 0.6 is 0 Å². The van der Waals surface area contributed by atoms with E-state index in [1.807, 2.05) is 0 Å². The standard InChI is InChI=1S/C7H17N.H3N/c1-2-3-4-5-6-7-8;/h2-8H2,1H3;1H3. The quantitative estimate of drug-likeness (QED) is 0.562. The van der Waals surface area contributed by atoms with Gasteiger partial charge in [0, 0.05) is 0 Å². The summed E-state index contributed by atoms with van der Waals surface area (Å²) in [5.74, 6) is 0. The van der Waals surface area contributed by atoms with Gasteiger partial charge in [-0.1, -0.05) is 32.6 Å². The summed E-state index contributed by atoms with van der Waals surface area (Å²) in [4.78, 5) is 0. The molecule has 0 aliphatic carbocycles. The van der Waals surface area contributed by atoms with Crippen LogP contribution < -0.4 is 11.9 Å². The second-order valence-corrected chi connectivity index (χ2v) is 2.20. The van der Waals surface area contributed by atoms with Crippen molar-refractivity contribution in [2.45, 2.75) is 39.0 Å². The lowest BCUT2D eigenvalue weighted by Crippen LogP contribution is -1.97. The molecule has 0 atom stereocenters. The van der Waals surface area contributed by atoms with Gasteiger partial charge >= 0.3 is 0 Å². The van der Waals surface area contributed by atoms with Crippen molar-refractivity contribution in [2.75, 3.05) is 6.54 Å². The smallest absolute Gasteiger partial charge is 0.00773 e. The molecule has 0 rings (SSSR count). The maximum atomic E-state index is 5.31. The molecule has 0 radical (unpaired) electrons. The second kappa shape index (κ2) is 10.8. The molecule has 0 amide bonds. The van der Waals surface area contributed by atoms with Crippen LogP contribution in [0.3, 0.4) is 0 Å². The molecule has 0 fully saturated rings. The largest absolute Gasteiger partial charge is 0.344 e. The Balaban J connectivity index is 0. The number of nitrogens with two attached hydrogens (primary N) is 1. The summed E-state index contributed by atoms with van der Waals surface area (Å²) in [5, 5.41) is 0. The Bertz CT molecular complexity index is 31.9. The summed E-state index contributed by atoms with van der Waals surface area (Å²) >= 11 is 0. The second-order valence-electron chi connectivity index (χ2n) is 2.20. The third-order valence-corrected chi connectivity index (χ3v) is 1.31. The highest BCUT2D eigenvalue weighted by molar-refractivity contribution is 4.41. The van der Waals surface area contributed by atoms with E-state index in [4.69, 9.17) is 5.73 Å². The summed E-state index contributed by atoms with van der Waals surface area (Å²) < 4.78 is 0. The maximum Gasteiger partial charge on any atom is -0.00773 e. The minimum Gasteiger partial charge on any atom is -0.344 e. The van der Waals surface area contributed by atoms with E-state index in [0.717, 1.165) is 6.54 Å². The fourth-order valence-corrected chi connectivity index (χ4v) is 0.748. The molecule has 2 heteroatoms. The monoisotopic (exact) mass is 132 g/mol. The van der Waals surface area contributed by atoms with E-state index in [9.17, 15) is 0 Å². The van der Waals surface area contributed by atoms with Crippen LogP contribution in [0.5, 0.6) is 0 Å². The Morgan fingerprint density at radius 3 is 2.00 bits per heavy atom. The molecule has 0 aromatic rings. The zero-order chi connectivity index (χ0) is 6.24. The Morgan fingerprint density at radius 2 is 1.56 bits per heavy atom. The average Bonchev–Trinajstić information content (AvgIpc) is 1.81. The van der Waals surface area contributed by atoms with Crippen LogP contribution in [0.15, 0.2) is 0 Å². The van der Waals surface area contributed by atoms with Crippen molar-refractivity contribution in [3.05, 3.63) is 0 Å². The molecule has 5 N–H and O–H groups in total. The van der Waals surface area contributed by atoms with Crippen molar-refractivity contribution in [1.82, 2.24) is 6.15 Å². The SMILES string of the molecule is CCCCCCCN.N. The molecule has 0 saturated heterocycles. The number of hydrogen-bond acceptors (Lipinski definition) is 2. The van der Waals surface area contributed by atoms with Gasteiger partial charge in [-0.25, -0.2) is 0 Å². The molecular weight excluding hydrogens is 112 g/mol. The topological polar surface area (TPSA) is 61.0 Å². The van der Waals surface area contributed by atoms with E-state index in [0.29, 0.717) is 0 Å². The van der Waals surface area contributed by atoms with Crippen LogP contribution in [-0.2, 0) is 0 Å². The minimum atomic E-state index is 0. The Labute approximate surface area is 58.4 Å². The highest BCUT2D eigenvalue weighted by atomic mass is 14.5. The van der Waals surface area contributed by atoms with Crippen LogP contribution in [0, 0.1) is 0 Å². The normalized spacial score (nSPS) is 8.67. The van der Waals surface area contributed by atoms with Crippen LogP contribution in [0.1, 0.15) is 39.0 Å². The molecular formula is C7H20N2. The van der Waals surface area contributed by atoms with E-state index < -0.39 is 0 Å². The summed E-state index contributed by atoms with van der Waals surface area (Å²) in [6.45, 7) is 3.09. The van der Waals surface area contributed by atoms with Gasteiger partial charge in [0.15, 0.2) is 0 Å². The Hall–Kier alpha value is -0.0800. The highest BCUT2D eigenvalue weighted by Gasteiger charge is 1.83. The van der Waals surface area contributed by atoms with Gasteiger partial charge in [0.1, 0.15) is 0 Å². The van der Waals surface area contributed by atoms with Gasteiger partial charge in [-0.15, -0.1) is 0 Å². The first-order valence-corrected chi connectivity index (χ1v) is 3.62. The molecule has 0 aliphatic heterocycles. The van der Waals surface area contributed by atoms with Crippen molar-refractivity contribution in [1.29, 1.82) is 0 Å². The molecule has 0 spiro atoms. The van der Waals surface area contributed by atoms with Crippen molar-refractivity contribution < 1.29 is 0 Å². The van der Waals surface area contributed by atoms with Gasteiger partial charge in [0.2, 0.25) is 0 Å². The molecule has 0 bridgehead atoms. The fourth-order valence-electron chi connectivity index (χ4n) is 0.748. The van der Waals surface area contributed by atoms with Crippen LogP contribution in [0.4, 0.5) is 0 Å². The van der Waals surface area contributed by atoms with E-state index in [-0.39, 0.29) is 6.15 Å². The first kappa shape index (κ1) is 11.7. The molecule has 0 aromatic heterocycles. The van der Waals surface area contributed by atoms with E-state index in [1.165, 1.54) is 32.1 Å². The summed E-state index contributed by atoms with van der Waals surface area (Å²) in [7, 11) is 0. The predicted octanol–water partition coefficient (Wildman–Crippen LogP) is 2.08. The third-order valence-electron chi connectivity index (χ3n) is 1.31. The molecule has 0 heterocycles. The van der Waals surface area contributed by atoms with Crippen LogP contribution in [0.25, 0.3) is 0 Å². The van der Waals surface area contributed by atoms with Crippen molar-refractivity contribution in [3.63, 3.8) is 0 Å². The Kier molecular flexibility index (Phi) is 14.0. The van der Waals surface area contributed by atoms with E-state index in [1.54, 1.807) is 0 Å². The number of rotatable bonds is 5. The number of hydrogen-bond donors (Lipinski definition) is 2. The van der Waals surface area contributed by atoms with Gasteiger partial charge < -0.3 is 11.9 Å². The molecule has 0 aliphatic rings. The third kappa shape index (κ3) is 11.5. The van der Waals surface area contributed by atoms with E-state index >= 15 is 0 Å². The number of unbranched alkanes of at least 4 members (excludes halogenated alkanes) is 4. The highest BCUT2D eigenvalue weighted by Crippen LogP contribution is 2.00. The molecule has 0 saturated carbocycles. The zero-order valence-corrected chi connectivity index (χ0v) is 6.53. The van der Waals surface area contributed by atoms with Gasteiger partial charge in [0.05, 0.1) is 0 Å². The predicted molar refractivity (Wildman–Crippen MR) is 42.8 cm³/mol. The lowest BCUT2D eigenvalue weighted by atomic mass is 10.2. The molecule has 9 heavy (non-hydrogen) atoms. The molecule has 0 unspecified atom stereocenters. The Morgan fingerprint density at radius 1 is 1.00 bits per heavy atom. The summed E-state index contributed by atoms with van der Waals surface area (Å²) in [6.07, 6.45) is 6.60. The first-order valence-electron chi connectivity index (χ1n) is 3.62. The van der Waals surface area contributed by atoms with Crippen molar-refractivity contribution >= 4 is 0 Å². The maximum absolute atomic E-state index is 5.31. The van der Waals surface area contributed by atoms with E-state index in [2.05, 4.69) is 6.92 Å². The minimum absolute atomic E-state index is 0. The van der Waals surface area contributed by atoms with Crippen molar-refractivity contribution in [2.24, 2.45) is 5.73 Å². The molecule has 58 valence electrons. The molecule has 2 nitrogen and oxygen atoms in total. The first-order chi connectivity index (χ1) is 3.91. The molecule has 0 aromatic carbocycles. The fraction of sp³-hybridized carbons (Fsp3) is 1.00. The van der Waals surface area contributed by atoms with Gasteiger partial charge in [0.25, 0.3) is 0 Å². The lowest BCUT2D eigenvalue weighted by molar-refractivity contribution is 0.638. The summed E-state index contributed by atoms with van der Waals surface area (Å²) in [5.41, 5.74) is 5.31. The van der Waals surface area contributed by atoms with Gasteiger partial charge in [-0.2, -0.15) is 0 Å². The summed E-state index contributed by atoms with van der Waals surface area (Å²) in [6, 6.07) is 0.